The smallest absolute Gasteiger partial charge is 0.306 e. The third-order valence-electron chi connectivity index (χ3n) is 10.9. The van der Waals surface area contributed by atoms with Crippen molar-refractivity contribution in [1.29, 1.82) is 0 Å². The SMILES string of the molecule is CC/C=C\C/C=C\C/C=C\C/C=C\CCCCCCC(=O)OCC(COC(=O)CCCCCCC/C=C\C/C=C\CCCCC)OC(=O)CCCCCC/C=C\C/C=C\C/C=C\C/C=C\CC. The van der Waals surface area contributed by atoms with Crippen molar-refractivity contribution < 1.29 is 28.6 Å². The topological polar surface area (TPSA) is 78.9 Å². The van der Waals surface area contributed by atoms with Crippen molar-refractivity contribution in [2.75, 3.05) is 13.2 Å². The standard InChI is InChI=1S/C61H98O6/c1-4-7-10-13-16-19-22-25-28-30-33-36-39-42-45-48-51-54-60(63)66-57-58(56-65-59(62)53-50-47-44-41-38-35-32-27-24-21-18-15-12-9-6-3)67-61(64)55-52-49-46-43-40-37-34-31-29-26-23-20-17-14-11-8-5-2/h7-8,10-11,16-21,25-29,32-34,36-37,58H,4-6,9,12-15,22-24,30-31,35,38-57H2,1-3H3/b10-7-,11-8-,19-16-,20-17-,21-18-,28-25-,29-26-,32-27-,36-33-,37-34-. The lowest BCUT2D eigenvalue weighted by Crippen LogP contribution is -2.30. The van der Waals surface area contributed by atoms with Gasteiger partial charge in [-0.05, 0) is 128 Å². The average Bonchev–Trinajstić information content (AvgIpc) is 3.33. The monoisotopic (exact) mass is 927 g/mol. The highest BCUT2D eigenvalue weighted by molar-refractivity contribution is 5.71. The molecule has 0 heterocycles. The van der Waals surface area contributed by atoms with E-state index in [1.807, 2.05) is 0 Å². The number of hydrogen-bond donors (Lipinski definition) is 0. The Balaban J connectivity index is 4.53. The van der Waals surface area contributed by atoms with Crippen LogP contribution in [-0.2, 0) is 28.6 Å². The molecule has 0 fully saturated rings. The number of esters is 3. The van der Waals surface area contributed by atoms with Crippen molar-refractivity contribution in [3.8, 4) is 0 Å². The summed E-state index contributed by atoms with van der Waals surface area (Å²) in [5.74, 6) is -0.973. The van der Waals surface area contributed by atoms with Crippen LogP contribution in [0.5, 0.6) is 0 Å². The van der Waals surface area contributed by atoms with Crippen molar-refractivity contribution >= 4 is 17.9 Å². The molecule has 0 rings (SSSR count). The van der Waals surface area contributed by atoms with Crippen molar-refractivity contribution in [3.05, 3.63) is 122 Å². The Morgan fingerprint density at radius 2 is 0.582 bits per heavy atom. The minimum atomic E-state index is -0.811. The van der Waals surface area contributed by atoms with Gasteiger partial charge in [0.15, 0.2) is 6.10 Å². The van der Waals surface area contributed by atoms with E-state index in [0.29, 0.717) is 12.8 Å². The van der Waals surface area contributed by atoms with E-state index in [4.69, 9.17) is 14.2 Å². The van der Waals surface area contributed by atoms with Gasteiger partial charge in [0, 0.05) is 19.3 Å². The molecular formula is C61H98O6. The Bertz CT molecular complexity index is 1440. The van der Waals surface area contributed by atoms with Crippen LogP contribution >= 0.6 is 0 Å². The molecular weight excluding hydrogens is 829 g/mol. The van der Waals surface area contributed by atoms with E-state index in [1.165, 1.54) is 25.7 Å². The zero-order chi connectivity index (χ0) is 48.6. The van der Waals surface area contributed by atoms with Gasteiger partial charge in [-0.3, -0.25) is 14.4 Å². The lowest BCUT2D eigenvalue weighted by Gasteiger charge is -2.18. The van der Waals surface area contributed by atoms with E-state index < -0.39 is 6.10 Å². The Morgan fingerprint density at radius 1 is 0.313 bits per heavy atom. The molecule has 1 atom stereocenters. The first kappa shape index (κ1) is 62.8. The molecule has 0 radical (unpaired) electrons. The zero-order valence-corrected chi connectivity index (χ0v) is 43.1. The molecule has 0 N–H and O–H groups in total. The number of unbranched alkanes of at least 4 members (excludes halogenated alkanes) is 16. The molecule has 0 aliphatic rings. The molecule has 0 amide bonds. The van der Waals surface area contributed by atoms with Gasteiger partial charge in [-0.2, -0.15) is 0 Å². The molecule has 67 heavy (non-hydrogen) atoms. The van der Waals surface area contributed by atoms with Gasteiger partial charge in [-0.25, -0.2) is 0 Å². The van der Waals surface area contributed by atoms with E-state index in [0.717, 1.165) is 161 Å². The maximum atomic E-state index is 12.8. The van der Waals surface area contributed by atoms with Crippen LogP contribution in [0, 0.1) is 0 Å². The molecule has 0 saturated carbocycles. The second-order valence-electron chi connectivity index (χ2n) is 17.4. The fourth-order valence-electron chi connectivity index (χ4n) is 6.92. The lowest BCUT2D eigenvalue weighted by molar-refractivity contribution is -0.167. The molecule has 0 aromatic carbocycles. The highest BCUT2D eigenvalue weighted by atomic mass is 16.6. The van der Waals surface area contributed by atoms with Crippen LogP contribution in [0.2, 0.25) is 0 Å². The van der Waals surface area contributed by atoms with E-state index in [1.54, 1.807) is 0 Å². The number of carbonyl (C=O) groups is 3. The summed E-state index contributed by atoms with van der Waals surface area (Å²) in [6.07, 6.45) is 74.6. The highest BCUT2D eigenvalue weighted by Crippen LogP contribution is 2.13. The predicted octanol–water partition coefficient (Wildman–Crippen LogP) is 18.1. The molecule has 0 saturated heterocycles. The minimum Gasteiger partial charge on any atom is -0.462 e. The molecule has 0 aromatic heterocycles. The third kappa shape index (κ3) is 52.6. The quantitative estimate of drug-likeness (QED) is 0.0262. The van der Waals surface area contributed by atoms with Crippen molar-refractivity contribution in [2.24, 2.45) is 0 Å². The molecule has 6 heteroatoms. The second-order valence-corrected chi connectivity index (χ2v) is 17.4. The minimum absolute atomic E-state index is 0.107. The molecule has 378 valence electrons. The molecule has 0 spiro atoms. The number of allylic oxidation sites excluding steroid dienone is 20. The van der Waals surface area contributed by atoms with E-state index in [-0.39, 0.29) is 37.5 Å². The summed E-state index contributed by atoms with van der Waals surface area (Å²) < 4.78 is 16.8. The summed E-state index contributed by atoms with van der Waals surface area (Å²) in [5, 5.41) is 0. The van der Waals surface area contributed by atoms with Gasteiger partial charge in [0.2, 0.25) is 0 Å². The first-order valence-electron chi connectivity index (χ1n) is 27.0. The number of rotatable bonds is 47. The van der Waals surface area contributed by atoms with Crippen LogP contribution in [0.15, 0.2) is 122 Å². The first-order valence-corrected chi connectivity index (χ1v) is 27.0. The van der Waals surface area contributed by atoms with Crippen LogP contribution in [0.25, 0.3) is 0 Å². The molecule has 0 bridgehead atoms. The summed E-state index contributed by atoms with van der Waals surface area (Å²) in [4.78, 5) is 38.1. The van der Waals surface area contributed by atoms with E-state index >= 15 is 0 Å². The van der Waals surface area contributed by atoms with Gasteiger partial charge in [-0.1, -0.05) is 200 Å². The lowest BCUT2D eigenvalue weighted by atomic mass is 10.1. The predicted molar refractivity (Wildman–Crippen MR) is 288 cm³/mol. The number of hydrogen-bond acceptors (Lipinski definition) is 6. The van der Waals surface area contributed by atoms with Crippen molar-refractivity contribution in [1.82, 2.24) is 0 Å². The van der Waals surface area contributed by atoms with Gasteiger partial charge in [0.1, 0.15) is 13.2 Å². The summed E-state index contributed by atoms with van der Waals surface area (Å²) in [5.41, 5.74) is 0. The maximum Gasteiger partial charge on any atom is 0.306 e. The molecule has 0 aromatic rings. The maximum absolute atomic E-state index is 12.8. The van der Waals surface area contributed by atoms with E-state index in [9.17, 15) is 14.4 Å². The van der Waals surface area contributed by atoms with Crippen LogP contribution < -0.4 is 0 Å². The summed E-state index contributed by atoms with van der Waals surface area (Å²) >= 11 is 0. The summed E-state index contributed by atoms with van der Waals surface area (Å²) in [6.45, 7) is 6.32. The zero-order valence-electron chi connectivity index (χ0n) is 43.1. The summed E-state index contributed by atoms with van der Waals surface area (Å²) in [7, 11) is 0. The Kier molecular flexibility index (Phi) is 51.0. The molecule has 0 aliphatic heterocycles. The van der Waals surface area contributed by atoms with Gasteiger partial charge in [0.05, 0.1) is 0 Å². The Labute approximate surface area is 412 Å². The van der Waals surface area contributed by atoms with Gasteiger partial charge < -0.3 is 14.2 Å². The Morgan fingerprint density at radius 3 is 0.910 bits per heavy atom. The van der Waals surface area contributed by atoms with Crippen LogP contribution in [-0.4, -0.2) is 37.2 Å². The van der Waals surface area contributed by atoms with Crippen LogP contribution in [0.4, 0.5) is 0 Å². The van der Waals surface area contributed by atoms with Crippen molar-refractivity contribution in [2.45, 2.75) is 232 Å². The summed E-state index contributed by atoms with van der Waals surface area (Å²) in [6, 6.07) is 0. The Hall–Kier alpha value is -4.19. The largest absolute Gasteiger partial charge is 0.462 e. The fourth-order valence-corrected chi connectivity index (χ4v) is 6.92. The van der Waals surface area contributed by atoms with Gasteiger partial charge >= 0.3 is 17.9 Å². The second kappa shape index (κ2) is 54.4. The first-order chi connectivity index (χ1) is 33.0. The number of carbonyl (C=O) groups excluding carboxylic acids is 3. The fraction of sp³-hybridized carbons (Fsp3) is 0.623. The molecule has 6 nitrogen and oxygen atoms in total. The number of ether oxygens (including phenoxy) is 3. The highest BCUT2D eigenvalue weighted by Gasteiger charge is 2.19. The van der Waals surface area contributed by atoms with Crippen molar-refractivity contribution in [3.63, 3.8) is 0 Å². The molecule has 0 aliphatic carbocycles. The van der Waals surface area contributed by atoms with Crippen LogP contribution in [0.3, 0.4) is 0 Å². The van der Waals surface area contributed by atoms with Crippen LogP contribution in [0.1, 0.15) is 226 Å². The van der Waals surface area contributed by atoms with Gasteiger partial charge in [0.25, 0.3) is 0 Å². The van der Waals surface area contributed by atoms with E-state index in [2.05, 4.69) is 142 Å². The van der Waals surface area contributed by atoms with Gasteiger partial charge in [-0.15, -0.1) is 0 Å². The third-order valence-corrected chi connectivity index (χ3v) is 10.9. The average molecular weight is 927 g/mol. The normalized spacial score (nSPS) is 13.1. The molecule has 1 unspecified atom stereocenters.